The van der Waals surface area contributed by atoms with Gasteiger partial charge in [-0.05, 0) is 31.2 Å². The first-order chi connectivity index (χ1) is 9.15. The average Bonchev–Trinajstić information content (AvgIpc) is 2.81. The van der Waals surface area contributed by atoms with Gasteiger partial charge in [0.1, 0.15) is 17.3 Å². The lowest BCUT2D eigenvalue weighted by atomic mass is 10.3. The van der Waals surface area contributed by atoms with Crippen LogP contribution in [0.5, 0.6) is 5.75 Å². The summed E-state index contributed by atoms with van der Waals surface area (Å²) in [6, 6.07) is 5.46. The fraction of sp³-hybridized carbons (Fsp3) is 0.231. The number of nitrogens with one attached hydrogen (secondary N) is 1. The second-order valence-corrected chi connectivity index (χ2v) is 3.88. The van der Waals surface area contributed by atoms with Crippen LogP contribution in [0, 0.1) is 12.7 Å². The summed E-state index contributed by atoms with van der Waals surface area (Å²) in [7, 11) is 0. The summed E-state index contributed by atoms with van der Waals surface area (Å²) in [5.41, 5.74) is 0.736. The van der Waals surface area contributed by atoms with Crippen LogP contribution in [0.4, 0.5) is 4.39 Å². The van der Waals surface area contributed by atoms with Gasteiger partial charge in [-0.2, -0.15) is 0 Å². The quantitative estimate of drug-likeness (QED) is 0.894. The fourth-order valence-electron chi connectivity index (χ4n) is 1.41. The zero-order valence-corrected chi connectivity index (χ0v) is 10.4. The molecule has 0 unspecified atom stereocenters. The van der Waals surface area contributed by atoms with Crippen LogP contribution >= 0.6 is 0 Å². The topological polar surface area (TPSA) is 64.4 Å². The number of aromatic nitrogens is 1. The van der Waals surface area contributed by atoms with E-state index in [-0.39, 0.29) is 24.9 Å². The molecule has 2 aromatic rings. The van der Waals surface area contributed by atoms with Crippen molar-refractivity contribution in [2.24, 2.45) is 0 Å². The van der Waals surface area contributed by atoms with E-state index >= 15 is 0 Å². The number of benzene rings is 1. The highest BCUT2D eigenvalue weighted by atomic mass is 19.1. The lowest BCUT2D eigenvalue weighted by molar-refractivity contribution is -0.123. The Hall–Kier alpha value is -2.37. The van der Waals surface area contributed by atoms with Crippen molar-refractivity contribution in [3.8, 4) is 5.75 Å². The molecule has 1 aromatic carbocycles. The molecule has 1 heterocycles. The zero-order chi connectivity index (χ0) is 13.7. The van der Waals surface area contributed by atoms with Crippen LogP contribution in [0.3, 0.4) is 0 Å². The normalized spacial score (nSPS) is 10.2. The lowest BCUT2D eigenvalue weighted by Gasteiger charge is -2.06. The first-order valence-electron chi connectivity index (χ1n) is 5.69. The number of hydrogen-bond acceptors (Lipinski definition) is 4. The van der Waals surface area contributed by atoms with Crippen molar-refractivity contribution in [1.82, 2.24) is 10.3 Å². The smallest absolute Gasteiger partial charge is 0.258 e. The van der Waals surface area contributed by atoms with Crippen molar-refractivity contribution in [3.63, 3.8) is 0 Å². The summed E-state index contributed by atoms with van der Waals surface area (Å²) >= 11 is 0. The maximum absolute atomic E-state index is 12.7. The largest absolute Gasteiger partial charge is 0.484 e. The number of rotatable bonds is 5. The van der Waals surface area contributed by atoms with Gasteiger partial charge in [0.05, 0.1) is 12.2 Å². The first kappa shape index (κ1) is 13.1. The molecule has 0 spiro atoms. The van der Waals surface area contributed by atoms with Crippen LogP contribution in [0.25, 0.3) is 0 Å². The molecule has 0 fully saturated rings. The SMILES string of the molecule is Cc1ncoc1CNC(=O)COc1ccc(F)cc1. The predicted molar refractivity (Wildman–Crippen MR) is 65.0 cm³/mol. The van der Waals surface area contributed by atoms with E-state index in [0.29, 0.717) is 11.5 Å². The van der Waals surface area contributed by atoms with Gasteiger partial charge in [-0.3, -0.25) is 4.79 Å². The number of ether oxygens (including phenoxy) is 1. The van der Waals surface area contributed by atoms with Crippen molar-refractivity contribution in [2.75, 3.05) is 6.61 Å². The summed E-state index contributed by atoms with van der Waals surface area (Å²) in [6.07, 6.45) is 1.33. The molecule has 6 heteroatoms. The maximum Gasteiger partial charge on any atom is 0.258 e. The highest BCUT2D eigenvalue weighted by molar-refractivity contribution is 5.77. The molecule has 5 nitrogen and oxygen atoms in total. The number of carbonyl (C=O) groups is 1. The minimum Gasteiger partial charge on any atom is -0.484 e. The number of oxazole rings is 1. The molecule has 1 aromatic heterocycles. The fourth-order valence-corrected chi connectivity index (χ4v) is 1.41. The van der Waals surface area contributed by atoms with E-state index < -0.39 is 0 Å². The molecular formula is C13H13FN2O3. The van der Waals surface area contributed by atoms with Gasteiger partial charge in [-0.25, -0.2) is 9.37 Å². The van der Waals surface area contributed by atoms with Crippen molar-refractivity contribution >= 4 is 5.91 Å². The Morgan fingerprint density at radius 1 is 1.42 bits per heavy atom. The Kier molecular flexibility index (Phi) is 4.12. The number of hydrogen-bond donors (Lipinski definition) is 1. The Bertz CT molecular complexity index is 551. The molecule has 0 radical (unpaired) electrons. The van der Waals surface area contributed by atoms with Gasteiger partial charge < -0.3 is 14.5 Å². The van der Waals surface area contributed by atoms with Gasteiger partial charge in [0.15, 0.2) is 13.0 Å². The van der Waals surface area contributed by atoms with E-state index in [1.807, 2.05) is 0 Å². The standard InChI is InChI=1S/C13H13FN2O3/c1-9-12(19-8-16-9)6-15-13(17)7-18-11-4-2-10(14)3-5-11/h2-5,8H,6-7H2,1H3,(H,15,17). The molecule has 0 aliphatic heterocycles. The van der Waals surface area contributed by atoms with Gasteiger partial charge >= 0.3 is 0 Å². The van der Waals surface area contributed by atoms with Crippen molar-refractivity contribution < 1.29 is 18.3 Å². The zero-order valence-electron chi connectivity index (χ0n) is 10.4. The molecule has 0 aliphatic carbocycles. The Balaban J connectivity index is 1.76. The predicted octanol–water partition coefficient (Wildman–Crippen LogP) is 1.82. The summed E-state index contributed by atoms with van der Waals surface area (Å²) in [6.45, 7) is 1.91. The van der Waals surface area contributed by atoms with Gasteiger partial charge in [0.25, 0.3) is 5.91 Å². The second-order valence-electron chi connectivity index (χ2n) is 3.88. The van der Waals surface area contributed by atoms with Crippen molar-refractivity contribution in [3.05, 3.63) is 47.9 Å². The molecule has 0 aliphatic rings. The molecule has 1 N–H and O–H groups in total. The minimum absolute atomic E-state index is 0.140. The number of carbonyl (C=O) groups excluding carboxylic acids is 1. The van der Waals surface area contributed by atoms with E-state index in [4.69, 9.17) is 9.15 Å². The van der Waals surface area contributed by atoms with Crippen LogP contribution in [-0.4, -0.2) is 17.5 Å². The maximum atomic E-state index is 12.7. The van der Waals surface area contributed by atoms with Crippen LogP contribution in [0.2, 0.25) is 0 Å². The number of halogens is 1. The third kappa shape index (κ3) is 3.80. The van der Waals surface area contributed by atoms with Crippen LogP contribution in [0.1, 0.15) is 11.5 Å². The molecule has 0 saturated heterocycles. The van der Waals surface area contributed by atoms with Crippen molar-refractivity contribution in [2.45, 2.75) is 13.5 Å². The molecule has 0 bridgehead atoms. The third-order valence-electron chi connectivity index (χ3n) is 2.47. The molecule has 100 valence electrons. The van der Waals surface area contributed by atoms with Gasteiger partial charge in [-0.1, -0.05) is 0 Å². The average molecular weight is 264 g/mol. The van der Waals surface area contributed by atoms with Crippen LogP contribution < -0.4 is 10.1 Å². The van der Waals surface area contributed by atoms with Gasteiger partial charge in [-0.15, -0.1) is 0 Å². The molecule has 2 rings (SSSR count). The highest BCUT2D eigenvalue weighted by Crippen LogP contribution is 2.10. The van der Waals surface area contributed by atoms with E-state index in [2.05, 4.69) is 10.3 Å². The molecule has 19 heavy (non-hydrogen) atoms. The molecule has 0 saturated carbocycles. The van der Waals surface area contributed by atoms with Crippen LogP contribution in [0.15, 0.2) is 35.1 Å². The Labute approximate surface area is 109 Å². The monoisotopic (exact) mass is 264 g/mol. The van der Waals surface area contributed by atoms with E-state index in [1.165, 1.54) is 30.7 Å². The van der Waals surface area contributed by atoms with E-state index in [1.54, 1.807) is 6.92 Å². The van der Waals surface area contributed by atoms with Crippen LogP contribution in [-0.2, 0) is 11.3 Å². The third-order valence-corrected chi connectivity index (χ3v) is 2.47. The number of nitrogens with zero attached hydrogens (tertiary/aromatic N) is 1. The van der Waals surface area contributed by atoms with E-state index in [9.17, 15) is 9.18 Å². The Morgan fingerprint density at radius 2 is 2.16 bits per heavy atom. The highest BCUT2D eigenvalue weighted by Gasteiger charge is 2.07. The molecule has 1 amide bonds. The van der Waals surface area contributed by atoms with Crippen molar-refractivity contribution in [1.29, 1.82) is 0 Å². The summed E-state index contributed by atoms with van der Waals surface area (Å²) in [5, 5.41) is 2.64. The number of aryl methyl sites for hydroxylation is 1. The summed E-state index contributed by atoms with van der Waals surface area (Å²) in [5.74, 6) is 0.403. The summed E-state index contributed by atoms with van der Waals surface area (Å²) < 4.78 is 22.9. The molecule has 0 atom stereocenters. The van der Waals surface area contributed by atoms with Gasteiger partial charge in [0, 0.05) is 0 Å². The van der Waals surface area contributed by atoms with Gasteiger partial charge in [0.2, 0.25) is 0 Å². The lowest BCUT2D eigenvalue weighted by Crippen LogP contribution is -2.28. The Morgan fingerprint density at radius 3 is 2.79 bits per heavy atom. The van der Waals surface area contributed by atoms with E-state index in [0.717, 1.165) is 5.69 Å². The summed E-state index contributed by atoms with van der Waals surface area (Å²) in [4.78, 5) is 15.4. The minimum atomic E-state index is -0.349. The first-order valence-corrected chi connectivity index (χ1v) is 5.69. The number of amides is 1. The molecular weight excluding hydrogens is 251 g/mol. The second kappa shape index (κ2) is 5.99.